The highest BCUT2D eigenvalue weighted by Crippen LogP contribution is 2.50. The Morgan fingerprint density at radius 2 is 2.07 bits per heavy atom. The Bertz CT molecular complexity index is 761. The van der Waals surface area contributed by atoms with Crippen LogP contribution >= 0.6 is 0 Å². The Hall–Kier alpha value is -1.50. The van der Waals surface area contributed by atoms with Gasteiger partial charge in [-0.15, -0.1) is 0 Å². The Balaban J connectivity index is 1.42. The first kappa shape index (κ1) is 18.5. The first-order valence-corrected chi connectivity index (χ1v) is 10.8. The molecule has 4 fully saturated rings. The molecule has 3 heterocycles. The van der Waals surface area contributed by atoms with Crippen molar-refractivity contribution in [1.29, 1.82) is 0 Å². The first-order chi connectivity index (χ1) is 13.5. The number of hydroxylamine groups is 1. The Kier molecular flexibility index (Phi) is 4.49. The summed E-state index contributed by atoms with van der Waals surface area (Å²) in [6.45, 7) is 3.86. The third-order valence-corrected chi connectivity index (χ3v) is 7.73. The SMILES string of the molecule is CC[C@@H]1Cc2c(F)cc(C(=O)NO)cc2CN1CC12CC3CC(CC(C3)N1)C2. The van der Waals surface area contributed by atoms with Gasteiger partial charge >= 0.3 is 0 Å². The highest BCUT2D eigenvalue weighted by Gasteiger charge is 2.51. The van der Waals surface area contributed by atoms with E-state index in [1.807, 2.05) is 0 Å². The Labute approximate surface area is 165 Å². The van der Waals surface area contributed by atoms with Gasteiger partial charge in [-0.1, -0.05) is 6.92 Å². The van der Waals surface area contributed by atoms with Gasteiger partial charge in [0.1, 0.15) is 5.82 Å². The molecule has 1 aromatic rings. The van der Waals surface area contributed by atoms with Crippen LogP contribution in [-0.2, 0) is 13.0 Å². The van der Waals surface area contributed by atoms with Crippen molar-refractivity contribution in [2.45, 2.75) is 76.0 Å². The average molecular weight is 387 g/mol. The lowest BCUT2D eigenvalue weighted by Gasteiger charge is -2.59. The Morgan fingerprint density at radius 1 is 1.32 bits per heavy atom. The largest absolute Gasteiger partial charge is 0.307 e. The minimum Gasteiger partial charge on any atom is -0.307 e. The van der Waals surface area contributed by atoms with Crippen LogP contribution in [0.2, 0.25) is 0 Å². The van der Waals surface area contributed by atoms with E-state index in [1.165, 1.54) is 38.2 Å². The zero-order valence-electron chi connectivity index (χ0n) is 16.5. The molecule has 3 atom stereocenters. The second-order valence-electron chi connectivity index (χ2n) is 9.68. The second kappa shape index (κ2) is 6.78. The smallest absolute Gasteiger partial charge is 0.274 e. The number of halogens is 1. The second-order valence-corrected chi connectivity index (χ2v) is 9.68. The van der Waals surface area contributed by atoms with Gasteiger partial charge in [-0.3, -0.25) is 14.9 Å². The minimum absolute atomic E-state index is 0.182. The molecule has 1 aromatic carbocycles. The van der Waals surface area contributed by atoms with Gasteiger partial charge in [0, 0.05) is 36.3 Å². The molecule has 2 saturated carbocycles. The standard InChI is InChI=1S/C22H30FN3O2/c1-2-18-8-19-16(6-15(7-20(19)23)21(27)25-28)11-26(18)12-22-9-13-3-14(10-22)5-17(4-13)24-22/h6-7,13-14,17-18,24,28H,2-5,8-12H2,1H3,(H,25,27)/t13?,14?,17?,18-,22?/m1/s1. The fourth-order valence-corrected chi connectivity index (χ4v) is 6.88. The van der Waals surface area contributed by atoms with Crippen LogP contribution in [0.25, 0.3) is 0 Å². The van der Waals surface area contributed by atoms with E-state index >= 15 is 0 Å². The fraction of sp³-hybridized carbons (Fsp3) is 0.682. The number of piperidine rings is 2. The highest BCUT2D eigenvalue weighted by atomic mass is 19.1. The predicted molar refractivity (Wildman–Crippen MR) is 104 cm³/mol. The zero-order valence-corrected chi connectivity index (χ0v) is 16.5. The number of nitrogens with zero attached hydrogens (tertiary/aromatic N) is 1. The van der Waals surface area contributed by atoms with Gasteiger partial charge in [-0.25, -0.2) is 9.87 Å². The maximum absolute atomic E-state index is 14.7. The van der Waals surface area contributed by atoms with Crippen LogP contribution < -0.4 is 10.8 Å². The summed E-state index contributed by atoms with van der Waals surface area (Å²) >= 11 is 0. The molecule has 2 aliphatic carbocycles. The van der Waals surface area contributed by atoms with Crippen molar-refractivity contribution in [2.24, 2.45) is 11.8 Å². The number of nitrogens with one attached hydrogen (secondary N) is 2. The lowest BCUT2D eigenvalue weighted by molar-refractivity contribution is -0.0309. The maximum Gasteiger partial charge on any atom is 0.274 e. The van der Waals surface area contributed by atoms with Crippen molar-refractivity contribution in [1.82, 2.24) is 15.7 Å². The molecule has 2 saturated heterocycles. The molecule has 152 valence electrons. The van der Waals surface area contributed by atoms with Gasteiger partial charge in [0.05, 0.1) is 0 Å². The summed E-state index contributed by atoms with van der Waals surface area (Å²) in [5.41, 5.74) is 3.62. The van der Waals surface area contributed by atoms with Gasteiger partial charge in [0.2, 0.25) is 0 Å². The van der Waals surface area contributed by atoms with Crippen LogP contribution in [0.5, 0.6) is 0 Å². The first-order valence-electron chi connectivity index (χ1n) is 10.8. The van der Waals surface area contributed by atoms with Crippen molar-refractivity contribution >= 4 is 5.91 Å². The number of hydrogen-bond acceptors (Lipinski definition) is 4. The molecule has 3 N–H and O–H groups in total. The molecule has 3 aliphatic heterocycles. The molecule has 0 radical (unpaired) electrons. The molecule has 6 heteroatoms. The van der Waals surface area contributed by atoms with E-state index < -0.39 is 5.91 Å². The Morgan fingerprint density at radius 3 is 2.71 bits per heavy atom. The van der Waals surface area contributed by atoms with E-state index in [2.05, 4.69) is 17.1 Å². The van der Waals surface area contributed by atoms with Crippen LogP contribution in [0.15, 0.2) is 12.1 Å². The van der Waals surface area contributed by atoms with Crippen molar-refractivity contribution < 1.29 is 14.4 Å². The van der Waals surface area contributed by atoms with Crippen LogP contribution in [0.3, 0.4) is 0 Å². The molecule has 6 rings (SSSR count). The van der Waals surface area contributed by atoms with E-state index in [9.17, 15) is 9.18 Å². The van der Waals surface area contributed by atoms with Crippen molar-refractivity contribution in [2.75, 3.05) is 6.54 Å². The summed E-state index contributed by atoms with van der Waals surface area (Å²) in [4.78, 5) is 14.3. The lowest BCUT2D eigenvalue weighted by Crippen LogP contribution is -2.68. The molecule has 28 heavy (non-hydrogen) atoms. The summed E-state index contributed by atoms with van der Waals surface area (Å²) in [6.07, 6.45) is 8.29. The number of carbonyl (C=O) groups is 1. The van der Waals surface area contributed by atoms with Crippen molar-refractivity contribution in [3.05, 3.63) is 34.6 Å². The summed E-state index contributed by atoms with van der Waals surface area (Å²) in [7, 11) is 0. The molecular weight excluding hydrogens is 357 g/mol. The summed E-state index contributed by atoms with van der Waals surface area (Å²) < 4.78 is 14.7. The van der Waals surface area contributed by atoms with Gasteiger partial charge in [-0.05, 0) is 80.0 Å². The number of hydrogen-bond donors (Lipinski definition) is 3. The number of fused-ring (bicyclic) bond motifs is 1. The van der Waals surface area contributed by atoms with Gasteiger partial charge in [0.15, 0.2) is 0 Å². The predicted octanol–water partition coefficient (Wildman–Crippen LogP) is 3.00. The van der Waals surface area contributed by atoms with E-state index in [0.29, 0.717) is 25.0 Å². The van der Waals surface area contributed by atoms with Crippen LogP contribution in [0.1, 0.15) is 66.9 Å². The summed E-state index contributed by atoms with van der Waals surface area (Å²) in [5, 5.41) is 12.9. The normalized spacial score (nSPS) is 36.4. The van der Waals surface area contributed by atoms with Gasteiger partial charge < -0.3 is 5.32 Å². The van der Waals surface area contributed by atoms with Gasteiger partial charge in [-0.2, -0.15) is 0 Å². The fourth-order valence-electron chi connectivity index (χ4n) is 6.88. The van der Waals surface area contributed by atoms with Crippen LogP contribution in [0, 0.1) is 17.7 Å². The quantitative estimate of drug-likeness (QED) is 0.549. The summed E-state index contributed by atoms with van der Waals surface area (Å²) in [6, 6.07) is 4.00. The molecule has 0 aromatic heterocycles. The molecule has 0 spiro atoms. The van der Waals surface area contributed by atoms with E-state index in [4.69, 9.17) is 5.21 Å². The van der Waals surface area contributed by atoms with Crippen LogP contribution in [0.4, 0.5) is 4.39 Å². The van der Waals surface area contributed by atoms with Gasteiger partial charge in [0.25, 0.3) is 5.91 Å². The van der Waals surface area contributed by atoms with Crippen molar-refractivity contribution in [3.63, 3.8) is 0 Å². The van der Waals surface area contributed by atoms with E-state index in [0.717, 1.165) is 35.9 Å². The third kappa shape index (κ3) is 3.06. The highest BCUT2D eigenvalue weighted by molar-refractivity contribution is 5.93. The van der Waals surface area contributed by atoms with Crippen molar-refractivity contribution in [3.8, 4) is 0 Å². The third-order valence-electron chi connectivity index (χ3n) is 7.73. The molecule has 5 nitrogen and oxygen atoms in total. The molecular formula is C22H30FN3O2. The average Bonchev–Trinajstić information content (AvgIpc) is 2.65. The molecule has 4 bridgehead atoms. The number of amides is 1. The molecule has 1 amide bonds. The molecule has 2 unspecified atom stereocenters. The number of rotatable bonds is 4. The topological polar surface area (TPSA) is 64.6 Å². The maximum atomic E-state index is 14.7. The summed E-state index contributed by atoms with van der Waals surface area (Å²) in [5.74, 6) is 0.747. The van der Waals surface area contributed by atoms with E-state index in [1.54, 1.807) is 11.5 Å². The number of carbonyl (C=O) groups excluding carboxylic acids is 1. The van der Waals surface area contributed by atoms with Crippen LogP contribution in [-0.4, -0.2) is 40.2 Å². The minimum atomic E-state index is -0.659. The molecule has 5 aliphatic rings. The monoisotopic (exact) mass is 387 g/mol. The number of benzene rings is 1. The lowest BCUT2D eigenvalue weighted by atomic mass is 9.59. The zero-order chi connectivity index (χ0) is 19.5. The van der Waals surface area contributed by atoms with E-state index in [-0.39, 0.29) is 16.9 Å².